The molecule has 6 nitrogen and oxygen atoms in total. The van der Waals surface area contributed by atoms with Gasteiger partial charge in [0.25, 0.3) is 0 Å². The summed E-state index contributed by atoms with van der Waals surface area (Å²) >= 11 is 0. The smallest absolute Gasteiger partial charge is 0.191 e. The number of hydrogen-bond donors (Lipinski definition) is 2. The highest BCUT2D eigenvalue weighted by Crippen LogP contribution is 2.24. The standard InChI is InChI=1S/C24H33N3O3/c1-4-25-24(26-15-19-7-6-8-21(14-19)29-5-2)27-16-20-10-9-18(3)13-23(20)30-22-11-12-28-17-22/h6-10,13-14,22H,4-5,11-12,15-17H2,1-3H3,(H2,25,26,27). The molecule has 2 aromatic carbocycles. The molecule has 2 aromatic rings. The predicted molar refractivity (Wildman–Crippen MR) is 120 cm³/mol. The first-order chi connectivity index (χ1) is 14.7. The van der Waals surface area contributed by atoms with Gasteiger partial charge in [0.1, 0.15) is 17.6 Å². The van der Waals surface area contributed by atoms with Gasteiger partial charge >= 0.3 is 0 Å². The molecule has 1 saturated heterocycles. The van der Waals surface area contributed by atoms with Crippen molar-refractivity contribution in [3.05, 3.63) is 59.2 Å². The molecule has 0 aliphatic carbocycles. The molecule has 0 amide bonds. The van der Waals surface area contributed by atoms with Gasteiger partial charge in [-0.25, -0.2) is 4.99 Å². The van der Waals surface area contributed by atoms with Crippen molar-refractivity contribution >= 4 is 5.96 Å². The lowest BCUT2D eigenvalue weighted by atomic mass is 10.1. The van der Waals surface area contributed by atoms with Gasteiger partial charge in [-0.2, -0.15) is 0 Å². The van der Waals surface area contributed by atoms with Crippen molar-refractivity contribution in [2.75, 3.05) is 26.4 Å². The van der Waals surface area contributed by atoms with E-state index in [1.165, 1.54) is 5.56 Å². The highest BCUT2D eigenvalue weighted by molar-refractivity contribution is 5.79. The summed E-state index contributed by atoms with van der Waals surface area (Å²) in [6.45, 7) is 10.2. The van der Waals surface area contributed by atoms with E-state index in [1.807, 2.05) is 25.1 Å². The maximum absolute atomic E-state index is 6.21. The van der Waals surface area contributed by atoms with Gasteiger partial charge in [0.2, 0.25) is 0 Å². The average Bonchev–Trinajstić information content (AvgIpc) is 3.25. The largest absolute Gasteiger partial charge is 0.494 e. The first-order valence-corrected chi connectivity index (χ1v) is 10.8. The van der Waals surface area contributed by atoms with Gasteiger partial charge in [0.05, 0.1) is 26.4 Å². The molecule has 0 saturated carbocycles. The van der Waals surface area contributed by atoms with E-state index < -0.39 is 0 Å². The second-order valence-corrected chi connectivity index (χ2v) is 7.34. The topological polar surface area (TPSA) is 64.1 Å². The zero-order chi connectivity index (χ0) is 21.2. The van der Waals surface area contributed by atoms with Crippen LogP contribution in [0.15, 0.2) is 47.5 Å². The summed E-state index contributed by atoms with van der Waals surface area (Å²) in [6.07, 6.45) is 1.07. The number of ether oxygens (including phenoxy) is 3. The van der Waals surface area contributed by atoms with E-state index in [9.17, 15) is 0 Å². The van der Waals surface area contributed by atoms with E-state index >= 15 is 0 Å². The Morgan fingerprint density at radius 1 is 1.17 bits per heavy atom. The predicted octanol–water partition coefficient (Wildman–Crippen LogP) is 3.82. The molecule has 3 rings (SSSR count). The summed E-state index contributed by atoms with van der Waals surface area (Å²) < 4.78 is 17.2. The molecule has 0 aromatic heterocycles. The molecule has 1 heterocycles. The van der Waals surface area contributed by atoms with Crippen molar-refractivity contribution in [3.63, 3.8) is 0 Å². The molecule has 1 aliphatic heterocycles. The van der Waals surface area contributed by atoms with Crippen molar-refractivity contribution in [1.82, 2.24) is 10.6 Å². The Hall–Kier alpha value is -2.73. The fourth-order valence-electron chi connectivity index (χ4n) is 3.29. The van der Waals surface area contributed by atoms with Crippen LogP contribution in [0.5, 0.6) is 11.5 Å². The van der Waals surface area contributed by atoms with Crippen LogP contribution in [0.1, 0.15) is 37.0 Å². The third kappa shape index (κ3) is 6.66. The molecule has 6 heteroatoms. The summed E-state index contributed by atoms with van der Waals surface area (Å²) in [5, 5.41) is 6.74. The molecule has 0 radical (unpaired) electrons. The lowest BCUT2D eigenvalue weighted by Crippen LogP contribution is -2.37. The molecule has 1 unspecified atom stereocenters. The normalized spacial score (nSPS) is 16.4. The minimum Gasteiger partial charge on any atom is -0.494 e. The van der Waals surface area contributed by atoms with Gasteiger partial charge in [-0.3, -0.25) is 0 Å². The highest BCUT2D eigenvalue weighted by atomic mass is 16.5. The molecule has 30 heavy (non-hydrogen) atoms. The van der Waals surface area contributed by atoms with E-state index in [1.54, 1.807) is 0 Å². The van der Waals surface area contributed by atoms with Gasteiger partial charge in [-0.1, -0.05) is 24.3 Å². The van der Waals surface area contributed by atoms with Crippen LogP contribution in [0.4, 0.5) is 0 Å². The first kappa shape index (κ1) is 22.0. The van der Waals surface area contributed by atoms with Crippen LogP contribution in [-0.4, -0.2) is 38.4 Å². The molecule has 0 spiro atoms. The number of benzene rings is 2. The van der Waals surface area contributed by atoms with Crippen LogP contribution in [0.25, 0.3) is 0 Å². The lowest BCUT2D eigenvalue weighted by Gasteiger charge is -2.18. The number of nitrogens with zero attached hydrogens (tertiary/aromatic N) is 1. The third-order valence-corrected chi connectivity index (χ3v) is 4.82. The molecular weight excluding hydrogens is 378 g/mol. The van der Waals surface area contributed by atoms with E-state index in [0.29, 0.717) is 26.3 Å². The lowest BCUT2D eigenvalue weighted by molar-refractivity contribution is 0.140. The zero-order valence-electron chi connectivity index (χ0n) is 18.2. The SMILES string of the molecule is CCNC(=NCc1cccc(OCC)c1)NCc1ccc(C)cc1OC1CCOC1. The summed E-state index contributed by atoms with van der Waals surface area (Å²) in [7, 11) is 0. The van der Waals surface area contributed by atoms with Crippen molar-refractivity contribution in [3.8, 4) is 11.5 Å². The maximum Gasteiger partial charge on any atom is 0.191 e. The average molecular weight is 412 g/mol. The van der Waals surface area contributed by atoms with Crippen molar-refractivity contribution in [2.24, 2.45) is 4.99 Å². The maximum atomic E-state index is 6.21. The Labute approximate surface area is 179 Å². The number of hydrogen-bond acceptors (Lipinski definition) is 4. The molecule has 1 fully saturated rings. The number of aryl methyl sites for hydroxylation is 1. The van der Waals surface area contributed by atoms with Gasteiger partial charge < -0.3 is 24.8 Å². The molecule has 1 aliphatic rings. The Bertz CT molecular complexity index is 832. The van der Waals surface area contributed by atoms with E-state index in [0.717, 1.165) is 48.2 Å². The van der Waals surface area contributed by atoms with Crippen LogP contribution < -0.4 is 20.1 Å². The third-order valence-electron chi connectivity index (χ3n) is 4.82. The molecule has 2 N–H and O–H groups in total. The fraction of sp³-hybridized carbons (Fsp3) is 0.458. The Morgan fingerprint density at radius 2 is 2.07 bits per heavy atom. The molecular formula is C24H33N3O3. The van der Waals surface area contributed by atoms with Crippen molar-refractivity contribution in [2.45, 2.75) is 46.4 Å². The summed E-state index contributed by atoms with van der Waals surface area (Å²) in [4.78, 5) is 4.73. The van der Waals surface area contributed by atoms with Gasteiger partial charge in [0, 0.05) is 25.1 Å². The van der Waals surface area contributed by atoms with Crippen LogP contribution in [0, 0.1) is 6.92 Å². The van der Waals surface area contributed by atoms with Gasteiger partial charge in [-0.15, -0.1) is 0 Å². The molecule has 162 valence electrons. The minimum absolute atomic E-state index is 0.130. The highest BCUT2D eigenvalue weighted by Gasteiger charge is 2.18. The summed E-state index contributed by atoms with van der Waals surface area (Å²) in [6, 6.07) is 14.4. The van der Waals surface area contributed by atoms with Gasteiger partial charge in [0.15, 0.2) is 5.96 Å². The van der Waals surface area contributed by atoms with Crippen LogP contribution in [0.3, 0.4) is 0 Å². The summed E-state index contributed by atoms with van der Waals surface area (Å²) in [5.41, 5.74) is 3.40. The van der Waals surface area contributed by atoms with E-state index in [4.69, 9.17) is 19.2 Å². The summed E-state index contributed by atoms with van der Waals surface area (Å²) in [5.74, 6) is 2.56. The number of guanidine groups is 1. The molecule has 0 bridgehead atoms. The number of aliphatic imine (C=N–C) groups is 1. The van der Waals surface area contributed by atoms with Gasteiger partial charge in [-0.05, 0) is 50.1 Å². The second-order valence-electron chi connectivity index (χ2n) is 7.34. The monoisotopic (exact) mass is 411 g/mol. The second kappa shape index (κ2) is 11.5. The Morgan fingerprint density at radius 3 is 2.83 bits per heavy atom. The minimum atomic E-state index is 0.130. The van der Waals surface area contributed by atoms with Crippen molar-refractivity contribution in [1.29, 1.82) is 0 Å². The zero-order valence-corrected chi connectivity index (χ0v) is 18.2. The number of rotatable bonds is 9. The van der Waals surface area contributed by atoms with Crippen LogP contribution in [0.2, 0.25) is 0 Å². The number of nitrogens with one attached hydrogen (secondary N) is 2. The van der Waals surface area contributed by atoms with E-state index in [2.05, 4.69) is 48.7 Å². The fourth-order valence-corrected chi connectivity index (χ4v) is 3.29. The Balaban J connectivity index is 1.65. The van der Waals surface area contributed by atoms with Crippen LogP contribution >= 0.6 is 0 Å². The van der Waals surface area contributed by atoms with E-state index in [-0.39, 0.29) is 6.10 Å². The Kier molecular flexibility index (Phi) is 8.39. The quantitative estimate of drug-likeness (QED) is 0.485. The first-order valence-electron chi connectivity index (χ1n) is 10.8. The van der Waals surface area contributed by atoms with Crippen molar-refractivity contribution < 1.29 is 14.2 Å². The van der Waals surface area contributed by atoms with Crippen LogP contribution in [-0.2, 0) is 17.8 Å². The molecule has 1 atom stereocenters.